The molecule has 1 N–H and O–H groups in total. The van der Waals surface area contributed by atoms with E-state index in [-0.39, 0.29) is 0 Å². The van der Waals surface area contributed by atoms with E-state index < -0.39 is 0 Å². The Bertz CT molecular complexity index is 233. The predicted molar refractivity (Wildman–Crippen MR) is 68.3 cm³/mol. The lowest BCUT2D eigenvalue weighted by Crippen LogP contribution is -2.60. The molecule has 1 saturated carbocycles. The number of hydrogen-bond acceptors (Lipinski definition) is 4. The number of ether oxygens (including phenoxy) is 2. The lowest BCUT2D eigenvalue weighted by Gasteiger charge is -2.42. The summed E-state index contributed by atoms with van der Waals surface area (Å²) in [4.78, 5) is 2.53. The van der Waals surface area contributed by atoms with Crippen LogP contribution in [0.4, 0.5) is 0 Å². The Hall–Kier alpha value is -0.160. The molecule has 2 rings (SSSR count). The van der Waals surface area contributed by atoms with E-state index in [1.807, 2.05) is 0 Å². The van der Waals surface area contributed by atoms with E-state index in [0.29, 0.717) is 18.8 Å². The molecule has 0 bridgehead atoms. The maximum Gasteiger partial charge on any atom is 0.0700 e. The Balaban J connectivity index is 1.63. The van der Waals surface area contributed by atoms with Crippen molar-refractivity contribution in [3.8, 4) is 0 Å². The molecule has 17 heavy (non-hydrogen) atoms. The zero-order valence-corrected chi connectivity index (χ0v) is 11.2. The third-order valence-corrected chi connectivity index (χ3v) is 3.97. The van der Waals surface area contributed by atoms with Crippen molar-refractivity contribution in [2.45, 2.75) is 25.3 Å². The minimum Gasteiger partial charge on any atom is -0.382 e. The van der Waals surface area contributed by atoms with Crippen molar-refractivity contribution < 1.29 is 9.47 Å². The molecule has 0 radical (unpaired) electrons. The van der Waals surface area contributed by atoms with Crippen molar-refractivity contribution in [1.82, 2.24) is 10.2 Å². The summed E-state index contributed by atoms with van der Waals surface area (Å²) >= 11 is 0. The lowest BCUT2D eigenvalue weighted by atomic mass is 9.93. The van der Waals surface area contributed by atoms with Crippen LogP contribution in [0, 0.1) is 5.92 Å². The van der Waals surface area contributed by atoms with Gasteiger partial charge in [0.2, 0.25) is 0 Å². The van der Waals surface area contributed by atoms with Gasteiger partial charge < -0.3 is 14.8 Å². The van der Waals surface area contributed by atoms with E-state index in [9.17, 15) is 0 Å². The highest BCUT2D eigenvalue weighted by Crippen LogP contribution is 2.40. The second-order valence-corrected chi connectivity index (χ2v) is 5.50. The number of nitrogens with zero attached hydrogens (tertiary/aromatic N) is 1. The van der Waals surface area contributed by atoms with Crippen LogP contribution in [0.25, 0.3) is 0 Å². The van der Waals surface area contributed by atoms with Gasteiger partial charge in [-0.3, -0.25) is 4.90 Å². The summed E-state index contributed by atoms with van der Waals surface area (Å²) in [5, 5.41) is 3.70. The highest BCUT2D eigenvalue weighted by atomic mass is 16.5. The SMILES string of the molecule is COCCOCCN1CCNC(C)(C2CC2)C1. The zero-order chi connectivity index (χ0) is 12.1. The largest absolute Gasteiger partial charge is 0.382 e. The molecule has 0 aromatic heterocycles. The maximum atomic E-state index is 5.53. The number of piperazine rings is 1. The first-order valence-corrected chi connectivity index (χ1v) is 6.79. The molecule has 1 aliphatic heterocycles. The van der Waals surface area contributed by atoms with Gasteiger partial charge in [-0.1, -0.05) is 0 Å². The summed E-state index contributed by atoms with van der Waals surface area (Å²) < 4.78 is 10.5. The van der Waals surface area contributed by atoms with Crippen LogP contribution in [0.2, 0.25) is 0 Å². The standard InChI is InChI=1S/C13H26N2O2/c1-13(12-3-4-12)11-15(6-5-14-13)7-8-17-10-9-16-2/h12,14H,3-11H2,1-2H3. The summed E-state index contributed by atoms with van der Waals surface area (Å²) in [5.74, 6) is 0.903. The van der Waals surface area contributed by atoms with Crippen LogP contribution in [0.5, 0.6) is 0 Å². The highest BCUT2D eigenvalue weighted by molar-refractivity contribution is 5.01. The summed E-state index contributed by atoms with van der Waals surface area (Å²) in [6.45, 7) is 9.09. The molecule has 0 aromatic carbocycles. The van der Waals surface area contributed by atoms with Crippen LogP contribution in [0.3, 0.4) is 0 Å². The molecule has 0 aromatic rings. The number of nitrogens with one attached hydrogen (secondary N) is 1. The van der Waals surface area contributed by atoms with Gasteiger partial charge in [-0.2, -0.15) is 0 Å². The predicted octanol–water partition coefficient (Wildman–Crippen LogP) is 0.723. The van der Waals surface area contributed by atoms with Crippen LogP contribution >= 0.6 is 0 Å². The topological polar surface area (TPSA) is 33.7 Å². The molecule has 1 atom stereocenters. The van der Waals surface area contributed by atoms with Gasteiger partial charge in [-0.25, -0.2) is 0 Å². The lowest BCUT2D eigenvalue weighted by molar-refractivity contribution is 0.0435. The molecular weight excluding hydrogens is 216 g/mol. The Morgan fingerprint density at radius 3 is 2.82 bits per heavy atom. The van der Waals surface area contributed by atoms with Gasteiger partial charge in [0.25, 0.3) is 0 Å². The fraction of sp³-hybridized carbons (Fsp3) is 1.00. The summed E-state index contributed by atoms with van der Waals surface area (Å²) in [5.41, 5.74) is 0.352. The van der Waals surface area contributed by atoms with Gasteiger partial charge in [0.05, 0.1) is 19.8 Å². The molecule has 0 amide bonds. The average molecular weight is 242 g/mol. The third kappa shape index (κ3) is 3.91. The number of methoxy groups -OCH3 is 1. The van der Waals surface area contributed by atoms with Crippen LogP contribution in [0.15, 0.2) is 0 Å². The fourth-order valence-corrected chi connectivity index (χ4v) is 2.72. The van der Waals surface area contributed by atoms with E-state index in [2.05, 4.69) is 17.1 Å². The van der Waals surface area contributed by atoms with Gasteiger partial charge in [-0.05, 0) is 25.7 Å². The Labute approximate surface area is 105 Å². The molecule has 1 saturated heterocycles. The van der Waals surface area contributed by atoms with Crippen molar-refractivity contribution in [1.29, 1.82) is 0 Å². The van der Waals surface area contributed by atoms with E-state index in [4.69, 9.17) is 9.47 Å². The Kier molecular flexibility index (Phi) is 4.79. The molecular formula is C13H26N2O2. The molecule has 100 valence electrons. The summed E-state index contributed by atoms with van der Waals surface area (Å²) in [6.07, 6.45) is 2.81. The normalized spacial score (nSPS) is 30.7. The van der Waals surface area contributed by atoms with Crippen LogP contribution in [0.1, 0.15) is 19.8 Å². The maximum absolute atomic E-state index is 5.53. The first kappa shape index (κ1) is 13.3. The minimum absolute atomic E-state index is 0.352. The van der Waals surface area contributed by atoms with E-state index in [1.54, 1.807) is 7.11 Å². The molecule has 4 heteroatoms. The summed E-state index contributed by atoms with van der Waals surface area (Å²) in [7, 11) is 1.71. The second kappa shape index (κ2) is 6.14. The van der Waals surface area contributed by atoms with Gasteiger partial charge in [0.15, 0.2) is 0 Å². The quantitative estimate of drug-likeness (QED) is 0.667. The number of hydrogen-bond donors (Lipinski definition) is 1. The third-order valence-electron chi connectivity index (χ3n) is 3.97. The second-order valence-electron chi connectivity index (χ2n) is 5.50. The van der Waals surface area contributed by atoms with E-state index >= 15 is 0 Å². The molecule has 2 aliphatic rings. The Morgan fingerprint density at radius 1 is 1.29 bits per heavy atom. The van der Waals surface area contributed by atoms with Crippen molar-refractivity contribution in [3.05, 3.63) is 0 Å². The number of rotatable bonds is 7. The Morgan fingerprint density at radius 2 is 2.12 bits per heavy atom. The smallest absolute Gasteiger partial charge is 0.0700 e. The van der Waals surface area contributed by atoms with Gasteiger partial charge >= 0.3 is 0 Å². The zero-order valence-electron chi connectivity index (χ0n) is 11.2. The van der Waals surface area contributed by atoms with Crippen LogP contribution in [-0.4, -0.2) is 63.5 Å². The van der Waals surface area contributed by atoms with E-state index in [0.717, 1.165) is 32.2 Å². The van der Waals surface area contributed by atoms with Gasteiger partial charge in [0, 0.05) is 38.8 Å². The molecule has 0 spiro atoms. The van der Waals surface area contributed by atoms with Crippen molar-refractivity contribution in [3.63, 3.8) is 0 Å². The summed E-state index contributed by atoms with van der Waals surface area (Å²) in [6, 6.07) is 0. The first-order valence-electron chi connectivity index (χ1n) is 6.79. The van der Waals surface area contributed by atoms with Gasteiger partial charge in [-0.15, -0.1) is 0 Å². The monoisotopic (exact) mass is 242 g/mol. The minimum atomic E-state index is 0.352. The van der Waals surface area contributed by atoms with Crippen LogP contribution in [-0.2, 0) is 9.47 Å². The molecule has 4 nitrogen and oxygen atoms in total. The van der Waals surface area contributed by atoms with Crippen molar-refractivity contribution in [2.24, 2.45) is 5.92 Å². The average Bonchev–Trinajstić information content (AvgIpc) is 3.13. The van der Waals surface area contributed by atoms with Crippen molar-refractivity contribution in [2.75, 3.05) is 53.1 Å². The van der Waals surface area contributed by atoms with E-state index in [1.165, 1.54) is 19.4 Å². The first-order chi connectivity index (χ1) is 8.24. The molecule has 2 fully saturated rings. The van der Waals surface area contributed by atoms with Crippen LogP contribution < -0.4 is 5.32 Å². The van der Waals surface area contributed by atoms with Crippen molar-refractivity contribution >= 4 is 0 Å². The molecule has 1 aliphatic carbocycles. The highest BCUT2D eigenvalue weighted by Gasteiger charge is 2.43. The fourth-order valence-electron chi connectivity index (χ4n) is 2.72. The molecule has 1 unspecified atom stereocenters. The van der Waals surface area contributed by atoms with Gasteiger partial charge in [0.1, 0.15) is 0 Å². The molecule has 1 heterocycles.